The first-order chi connectivity index (χ1) is 9.60. The standard InChI is InChI=1S/C17H17FO2/c1-3-13-4-6-14(7-5-13)17(19)12(2)20-16-10-8-15(18)9-11-16/h4-12H,3H2,1-2H3. The Balaban J connectivity index is 2.05. The number of Topliss-reactive ketones (excluding diaryl/α,β-unsaturated/α-hetero) is 1. The van der Waals surface area contributed by atoms with Crippen molar-refractivity contribution < 1.29 is 13.9 Å². The molecule has 0 aromatic heterocycles. The van der Waals surface area contributed by atoms with Gasteiger partial charge in [0.15, 0.2) is 6.10 Å². The lowest BCUT2D eigenvalue weighted by molar-refractivity contribution is 0.0818. The second-order valence-corrected chi connectivity index (χ2v) is 4.63. The Morgan fingerprint density at radius 1 is 1.10 bits per heavy atom. The number of ketones is 1. The molecule has 0 radical (unpaired) electrons. The third-order valence-electron chi connectivity index (χ3n) is 3.14. The quantitative estimate of drug-likeness (QED) is 0.768. The van der Waals surface area contributed by atoms with Gasteiger partial charge in [-0.25, -0.2) is 4.39 Å². The van der Waals surface area contributed by atoms with Crippen LogP contribution in [0.2, 0.25) is 0 Å². The number of carbonyl (C=O) groups is 1. The van der Waals surface area contributed by atoms with E-state index in [4.69, 9.17) is 4.74 Å². The molecule has 2 aromatic rings. The van der Waals surface area contributed by atoms with Crippen LogP contribution in [0.4, 0.5) is 4.39 Å². The number of rotatable bonds is 5. The number of carbonyl (C=O) groups excluding carboxylic acids is 1. The second-order valence-electron chi connectivity index (χ2n) is 4.63. The summed E-state index contributed by atoms with van der Waals surface area (Å²) in [6.07, 6.45) is 0.337. The van der Waals surface area contributed by atoms with Crippen molar-refractivity contribution in [2.75, 3.05) is 0 Å². The molecular formula is C17H17FO2. The molecule has 2 aromatic carbocycles. The summed E-state index contributed by atoms with van der Waals surface area (Å²) in [5.74, 6) is 0.0703. The smallest absolute Gasteiger partial charge is 0.202 e. The first-order valence-corrected chi connectivity index (χ1v) is 6.65. The van der Waals surface area contributed by atoms with Gasteiger partial charge in [-0.05, 0) is 43.2 Å². The maximum Gasteiger partial charge on any atom is 0.202 e. The zero-order chi connectivity index (χ0) is 14.5. The molecule has 0 fully saturated rings. The predicted octanol–water partition coefficient (Wildman–Crippen LogP) is 4.04. The van der Waals surface area contributed by atoms with Crippen molar-refractivity contribution >= 4 is 5.78 Å². The van der Waals surface area contributed by atoms with Gasteiger partial charge in [0.2, 0.25) is 5.78 Å². The molecule has 104 valence electrons. The van der Waals surface area contributed by atoms with Gasteiger partial charge in [-0.2, -0.15) is 0 Å². The number of hydrogen-bond acceptors (Lipinski definition) is 2. The third-order valence-corrected chi connectivity index (χ3v) is 3.14. The van der Waals surface area contributed by atoms with E-state index in [2.05, 4.69) is 6.92 Å². The molecule has 0 aliphatic rings. The number of aryl methyl sites for hydroxylation is 1. The van der Waals surface area contributed by atoms with Gasteiger partial charge in [0.05, 0.1) is 0 Å². The average molecular weight is 272 g/mol. The van der Waals surface area contributed by atoms with Gasteiger partial charge in [0.1, 0.15) is 11.6 Å². The highest BCUT2D eigenvalue weighted by Crippen LogP contribution is 2.15. The van der Waals surface area contributed by atoms with Crippen molar-refractivity contribution in [1.29, 1.82) is 0 Å². The SMILES string of the molecule is CCc1ccc(C(=O)C(C)Oc2ccc(F)cc2)cc1. The van der Waals surface area contributed by atoms with Gasteiger partial charge >= 0.3 is 0 Å². The van der Waals surface area contributed by atoms with Crippen LogP contribution < -0.4 is 4.74 Å². The van der Waals surface area contributed by atoms with Gasteiger partial charge in [0.25, 0.3) is 0 Å². The fourth-order valence-electron chi connectivity index (χ4n) is 1.91. The van der Waals surface area contributed by atoms with E-state index < -0.39 is 6.10 Å². The van der Waals surface area contributed by atoms with Crippen molar-refractivity contribution in [3.8, 4) is 5.75 Å². The van der Waals surface area contributed by atoms with Crippen molar-refractivity contribution in [3.63, 3.8) is 0 Å². The van der Waals surface area contributed by atoms with Crippen molar-refractivity contribution in [3.05, 3.63) is 65.5 Å². The first-order valence-electron chi connectivity index (χ1n) is 6.65. The Morgan fingerprint density at radius 2 is 1.70 bits per heavy atom. The zero-order valence-corrected chi connectivity index (χ0v) is 11.6. The van der Waals surface area contributed by atoms with Crippen LogP contribution in [-0.2, 0) is 6.42 Å². The molecule has 0 aliphatic carbocycles. The van der Waals surface area contributed by atoms with Crippen LogP contribution in [0.3, 0.4) is 0 Å². The summed E-state index contributed by atoms with van der Waals surface area (Å²) in [6.45, 7) is 3.76. The highest BCUT2D eigenvalue weighted by molar-refractivity contribution is 5.99. The molecule has 0 aliphatic heterocycles. The molecule has 0 bridgehead atoms. The molecule has 0 amide bonds. The van der Waals surface area contributed by atoms with Crippen LogP contribution in [0.15, 0.2) is 48.5 Å². The molecule has 20 heavy (non-hydrogen) atoms. The van der Waals surface area contributed by atoms with Gasteiger partial charge in [0, 0.05) is 5.56 Å². The van der Waals surface area contributed by atoms with Gasteiger partial charge in [-0.3, -0.25) is 4.79 Å². The first kappa shape index (κ1) is 14.3. The molecule has 0 spiro atoms. The maximum atomic E-state index is 12.8. The highest BCUT2D eigenvalue weighted by atomic mass is 19.1. The molecule has 0 saturated heterocycles. The van der Waals surface area contributed by atoms with E-state index in [1.165, 1.54) is 29.8 Å². The second kappa shape index (κ2) is 6.33. The predicted molar refractivity (Wildman–Crippen MR) is 76.6 cm³/mol. The largest absolute Gasteiger partial charge is 0.483 e. The summed E-state index contributed by atoms with van der Waals surface area (Å²) in [7, 11) is 0. The maximum absolute atomic E-state index is 12.8. The molecule has 1 unspecified atom stereocenters. The van der Waals surface area contributed by atoms with E-state index in [1.807, 2.05) is 24.3 Å². The Hall–Kier alpha value is -2.16. The fraction of sp³-hybridized carbons (Fsp3) is 0.235. The van der Waals surface area contributed by atoms with Gasteiger partial charge < -0.3 is 4.74 Å². The molecule has 0 heterocycles. The topological polar surface area (TPSA) is 26.3 Å². The van der Waals surface area contributed by atoms with E-state index in [0.29, 0.717) is 11.3 Å². The summed E-state index contributed by atoms with van der Waals surface area (Å²) >= 11 is 0. The van der Waals surface area contributed by atoms with Crippen molar-refractivity contribution in [1.82, 2.24) is 0 Å². The van der Waals surface area contributed by atoms with E-state index in [0.717, 1.165) is 6.42 Å². The molecular weight excluding hydrogens is 255 g/mol. The van der Waals surface area contributed by atoms with E-state index >= 15 is 0 Å². The minimum absolute atomic E-state index is 0.0861. The molecule has 2 rings (SSSR count). The summed E-state index contributed by atoms with van der Waals surface area (Å²) in [6, 6.07) is 13.1. The Kier molecular flexibility index (Phi) is 4.51. The summed E-state index contributed by atoms with van der Waals surface area (Å²) in [4.78, 5) is 12.2. The third kappa shape index (κ3) is 3.44. The lowest BCUT2D eigenvalue weighted by Gasteiger charge is -2.14. The Morgan fingerprint density at radius 3 is 2.25 bits per heavy atom. The monoisotopic (exact) mass is 272 g/mol. The lowest BCUT2D eigenvalue weighted by atomic mass is 10.0. The number of hydrogen-bond donors (Lipinski definition) is 0. The van der Waals surface area contributed by atoms with Crippen LogP contribution in [-0.4, -0.2) is 11.9 Å². The summed E-state index contributed by atoms with van der Waals surface area (Å²) in [5.41, 5.74) is 1.81. The van der Waals surface area contributed by atoms with E-state index in [9.17, 15) is 9.18 Å². The highest BCUT2D eigenvalue weighted by Gasteiger charge is 2.16. The van der Waals surface area contributed by atoms with Crippen LogP contribution in [0.1, 0.15) is 29.8 Å². The van der Waals surface area contributed by atoms with Gasteiger partial charge in [-0.1, -0.05) is 31.2 Å². The molecule has 2 nitrogen and oxygen atoms in total. The molecule has 3 heteroatoms. The number of ether oxygens (including phenoxy) is 1. The van der Waals surface area contributed by atoms with Crippen molar-refractivity contribution in [2.45, 2.75) is 26.4 Å². The van der Waals surface area contributed by atoms with Crippen molar-refractivity contribution in [2.24, 2.45) is 0 Å². The lowest BCUT2D eigenvalue weighted by Crippen LogP contribution is -2.23. The Labute approximate surface area is 118 Å². The fourth-order valence-corrected chi connectivity index (χ4v) is 1.91. The zero-order valence-electron chi connectivity index (χ0n) is 11.6. The number of halogens is 1. The van der Waals surface area contributed by atoms with E-state index in [1.54, 1.807) is 6.92 Å². The average Bonchev–Trinajstić information content (AvgIpc) is 2.49. The molecule has 1 atom stereocenters. The van der Waals surface area contributed by atoms with Crippen LogP contribution >= 0.6 is 0 Å². The normalized spacial score (nSPS) is 11.9. The van der Waals surface area contributed by atoms with Crippen LogP contribution in [0.5, 0.6) is 5.75 Å². The van der Waals surface area contributed by atoms with Crippen LogP contribution in [0.25, 0.3) is 0 Å². The Bertz CT molecular complexity index is 573. The minimum Gasteiger partial charge on any atom is -0.483 e. The summed E-state index contributed by atoms with van der Waals surface area (Å²) in [5, 5.41) is 0. The van der Waals surface area contributed by atoms with Gasteiger partial charge in [-0.15, -0.1) is 0 Å². The minimum atomic E-state index is -0.604. The number of benzene rings is 2. The molecule has 0 saturated carbocycles. The van der Waals surface area contributed by atoms with Crippen LogP contribution in [0, 0.1) is 5.82 Å². The van der Waals surface area contributed by atoms with E-state index in [-0.39, 0.29) is 11.6 Å². The molecule has 0 N–H and O–H groups in total. The summed E-state index contributed by atoms with van der Waals surface area (Å²) < 4.78 is 18.3.